The number of rotatable bonds is 4. The molecule has 0 amide bonds. The lowest BCUT2D eigenvalue weighted by atomic mass is 9.66. The molecular formula is C19H27NO. The highest BCUT2D eigenvalue weighted by atomic mass is 16.3. The van der Waals surface area contributed by atoms with Crippen molar-refractivity contribution in [3.8, 4) is 12.3 Å². The summed E-state index contributed by atoms with van der Waals surface area (Å²) in [7, 11) is 0. The summed E-state index contributed by atoms with van der Waals surface area (Å²) in [4.78, 5) is 0. The van der Waals surface area contributed by atoms with Crippen LogP contribution in [0.4, 0.5) is 0 Å². The van der Waals surface area contributed by atoms with Crippen LogP contribution >= 0.6 is 0 Å². The maximum atomic E-state index is 10.4. The minimum absolute atomic E-state index is 0.0457. The summed E-state index contributed by atoms with van der Waals surface area (Å²) in [5.41, 5.74) is 0.0457. The molecule has 1 spiro atoms. The van der Waals surface area contributed by atoms with E-state index >= 15 is 0 Å². The highest BCUT2D eigenvalue weighted by Crippen LogP contribution is 2.41. The van der Waals surface area contributed by atoms with Crippen molar-refractivity contribution in [3.05, 3.63) is 37.0 Å². The van der Waals surface area contributed by atoms with Crippen molar-refractivity contribution in [1.29, 1.82) is 0 Å². The molecule has 2 rings (SSSR count). The van der Waals surface area contributed by atoms with Gasteiger partial charge in [-0.05, 0) is 44.6 Å². The summed E-state index contributed by atoms with van der Waals surface area (Å²) in [6.45, 7) is 3.75. The van der Waals surface area contributed by atoms with Gasteiger partial charge in [0.25, 0.3) is 0 Å². The third-order valence-corrected chi connectivity index (χ3v) is 4.93. The molecule has 1 aliphatic heterocycles. The summed E-state index contributed by atoms with van der Waals surface area (Å²) >= 11 is 0. The molecule has 0 unspecified atom stereocenters. The molecule has 2 nitrogen and oxygen atoms in total. The predicted molar refractivity (Wildman–Crippen MR) is 88.8 cm³/mol. The van der Waals surface area contributed by atoms with Gasteiger partial charge >= 0.3 is 0 Å². The summed E-state index contributed by atoms with van der Waals surface area (Å²) in [5, 5.41) is 14.3. The van der Waals surface area contributed by atoms with Crippen LogP contribution in [0.2, 0.25) is 0 Å². The Morgan fingerprint density at radius 3 is 2.81 bits per heavy atom. The molecular weight excluding hydrogens is 258 g/mol. The van der Waals surface area contributed by atoms with Gasteiger partial charge in [-0.1, -0.05) is 43.2 Å². The van der Waals surface area contributed by atoms with E-state index in [1.165, 1.54) is 12.8 Å². The van der Waals surface area contributed by atoms with E-state index in [1.807, 2.05) is 6.08 Å². The SMILES string of the molecule is C#C/C=C\C[C@@H]1CCC[C@]2(CCC[C@H](O)[C@H]2/C=C\C=C)N1. The normalized spacial score (nSPS) is 37.0. The third-order valence-electron chi connectivity index (χ3n) is 4.93. The van der Waals surface area contributed by atoms with Crippen molar-refractivity contribution in [2.24, 2.45) is 5.92 Å². The Bertz CT molecular complexity index is 441. The summed E-state index contributed by atoms with van der Waals surface area (Å²) in [6, 6.07) is 0.466. The van der Waals surface area contributed by atoms with Crippen molar-refractivity contribution in [1.82, 2.24) is 5.32 Å². The molecule has 1 heterocycles. The number of aliphatic hydroxyl groups excluding tert-OH is 1. The maximum absolute atomic E-state index is 10.4. The lowest BCUT2D eigenvalue weighted by Crippen LogP contribution is -2.61. The van der Waals surface area contributed by atoms with Gasteiger partial charge in [0.15, 0.2) is 0 Å². The van der Waals surface area contributed by atoms with E-state index in [2.05, 4.69) is 30.0 Å². The fraction of sp³-hybridized carbons (Fsp3) is 0.579. The first kappa shape index (κ1) is 16.1. The van der Waals surface area contributed by atoms with E-state index in [-0.39, 0.29) is 17.6 Å². The van der Waals surface area contributed by atoms with Crippen molar-refractivity contribution >= 4 is 0 Å². The predicted octanol–water partition coefficient (Wildman–Crippen LogP) is 3.35. The van der Waals surface area contributed by atoms with Crippen LogP contribution in [0, 0.1) is 18.3 Å². The monoisotopic (exact) mass is 285 g/mol. The number of allylic oxidation sites excluding steroid dienone is 3. The number of nitrogens with one attached hydrogen (secondary N) is 1. The highest BCUT2D eigenvalue weighted by Gasteiger charge is 2.45. The quantitative estimate of drug-likeness (QED) is 0.613. The van der Waals surface area contributed by atoms with E-state index in [1.54, 1.807) is 12.2 Å². The van der Waals surface area contributed by atoms with Crippen LogP contribution in [0.15, 0.2) is 37.0 Å². The van der Waals surface area contributed by atoms with E-state index in [0.717, 1.165) is 32.1 Å². The Kier molecular flexibility index (Phi) is 5.85. The van der Waals surface area contributed by atoms with Crippen LogP contribution in [0.1, 0.15) is 44.9 Å². The molecule has 1 saturated heterocycles. The molecule has 0 radical (unpaired) electrons. The van der Waals surface area contributed by atoms with Gasteiger partial charge in [0.05, 0.1) is 6.10 Å². The molecule has 114 valence electrons. The van der Waals surface area contributed by atoms with Crippen LogP contribution in [0.3, 0.4) is 0 Å². The van der Waals surface area contributed by atoms with E-state index in [9.17, 15) is 5.11 Å². The van der Waals surface area contributed by atoms with Crippen LogP contribution in [-0.4, -0.2) is 22.8 Å². The van der Waals surface area contributed by atoms with Gasteiger partial charge in [-0.15, -0.1) is 6.42 Å². The third kappa shape index (κ3) is 3.87. The van der Waals surface area contributed by atoms with Gasteiger partial charge in [-0.3, -0.25) is 0 Å². The Morgan fingerprint density at radius 1 is 1.33 bits per heavy atom. The lowest BCUT2D eigenvalue weighted by molar-refractivity contribution is 0.00392. The molecule has 0 aromatic rings. The fourth-order valence-corrected chi connectivity index (χ4v) is 4.00. The first-order valence-electron chi connectivity index (χ1n) is 8.08. The van der Waals surface area contributed by atoms with E-state index < -0.39 is 0 Å². The number of terminal acetylenes is 1. The molecule has 2 aliphatic rings. The molecule has 0 bridgehead atoms. The first-order chi connectivity index (χ1) is 10.2. The molecule has 2 fully saturated rings. The standard InChI is InChI=1S/C19H27NO/c1-3-5-7-10-16-11-8-14-19(20-16)15-9-13-18(21)17(19)12-6-4-2/h1,4-7,12,16-18,20-21H,2,8-11,13-15H2/b7-5-,12-6-/t16-,17-,18+,19-/m1/s1. The second-order valence-corrected chi connectivity index (χ2v) is 6.30. The van der Waals surface area contributed by atoms with Crippen molar-refractivity contribution in [2.75, 3.05) is 0 Å². The molecule has 0 aromatic carbocycles. The zero-order chi connectivity index (χ0) is 15.1. The van der Waals surface area contributed by atoms with Crippen LogP contribution in [0.25, 0.3) is 0 Å². The van der Waals surface area contributed by atoms with Gasteiger partial charge < -0.3 is 10.4 Å². The second kappa shape index (κ2) is 7.64. The van der Waals surface area contributed by atoms with Gasteiger partial charge in [0.2, 0.25) is 0 Å². The Labute approximate surface area is 129 Å². The van der Waals surface area contributed by atoms with Crippen LogP contribution < -0.4 is 5.32 Å². The molecule has 2 heteroatoms. The topological polar surface area (TPSA) is 32.3 Å². The Hall–Kier alpha value is -1.30. The minimum Gasteiger partial charge on any atom is -0.392 e. The van der Waals surface area contributed by atoms with Crippen LogP contribution in [0.5, 0.6) is 0 Å². The Morgan fingerprint density at radius 2 is 2.10 bits per heavy atom. The fourth-order valence-electron chi connectivity index (χ4n) is 4.00. The molecule has 1 aliphatic carbocycles. The number of hydrogen-bond acceptors (Lipinski definition) is 2. The van der Waals surface area contributed by atoms with Gasteiger partial charge in [0.1, 0.15) is 0 Å². The van der Waals surface area contributed by atoms with Gasteiger partial charge in [-0.2, -0.15) is 0 Å². The van der Waals surface area contributed by atoms with Crippen molar-refractivity contribution in [3.63, 3.8) is 0 Å². The summed E-state index contributed by atoms with van der Waals surface area (Å²) < 4.78 is 0. The molecule has 0 aromatic heterocycles. The van der Waals surface area contributed by atoms with Crippen molar-refractivity contribution in [2.45, 2.75) is 62.6 Å². The second-order valence-electron chi connectivity index (χ2n) is 6.30. The maximum Gasteiger partial charge on any atom is 0.0620 e. The van der Waals surface area contributed by atoms with Gasteiger partial charge in [0, 0.05) is 17.5 Å². The molecule has 1 saturated carbocycles. The number of aliphatic hydroxyl groups is 1. The zero-order valence-corrected chi connectivity index (χ0v) is 12.8. The van der Waals surface area contributed by atoms with Crippen LogP contribution in [-0.2, 0) is 0 Å². The summed E-state index contributed by atoms with van der Waals surface area (Å²) in [5.74, 6) is 2.74. The average Bonchev–Trinajstić information content (AvgIpc) is 2.47. The molecule has 4 atom stereocenters. The van der Waals surface area contributed by atoms with E-state index in [4.69, 9.17) is 6.42 Å². The number of piperidine rings is 1. The summed E-state index contributed by atoms with van der Waals surface area (Å²) in [6.07, 6.45) is 22.5. The highest BCUT2D eigenvalue weighted by molar-refractivity contribution is 5.15. The number of hydrogen-bond donors (Lipinski definition) is 2. The molecule has 2 N–H and O–H groups in total. The largest absolute Gasteiger partial charge is 0.392 e. The van der Waals surface area contributed by atoms with Crippen molar-refractivity contribution < 1.29 is 5.11 Å². The first-order valence-corrected chi connectivity index (χ1v) is 8.08. The molecule has 21 heavy (non-hydrogen) atoms. The lowest BCUT2D eigenvalue weighted by Gasteiger charge is -2.51. The van der Waals surface area contributed by atoms with Gasteiger partial charge in [-0.25, -0.2) is 0 Å². The minimum atomic E-state index is -0.248. The zero-order valence-electron chi connectivity index (χ0n) is 12.8. The Balaban J connectivity index is 2.12. The van der Waals surface area contributed by atoms with E-state index in [0.29, 0.717) is 6.04 Å². The smallest absolute Gasteiger partial charge is 0.0620 e. The average molecular weight is 285 g/mol.